The van der Waals surface area contributed by atoms with E-state index < -0.39 is 11.9 Å². The highest BCUT2D eigenvalue weighted by atomic mass is 31.0. The van der Waals surface area contributed by atoms with Crippen molar-refractivity contribution in [3.05, 3.63) is 70.3 Å². The Hall–Kier alpha value is -2.19. The van der Waals surface area contributed by atoms with Crippen LogP contribution in [0.5, 0.6) is 0 Å². The molecule has 2 unspecified atom stereocenters. The first-order valence-electron chi connectivity index (χ1n) is 8.08. The number of ketones is 1. The first-order chi connectivity index (χ1) is 12.0. The molecule has 0 aliphatic heterocycles. The molecule has 0 fully saturated rings. The molecule has 4 nitrogen and oxygen atoms in total. The summed E-state index contributed by atoms with van der Waals surface area (Å²) in [5, 5.41) is 0. The van der Waals surface area contributed by atoms with Gasteiger partial charge in [-0.2, -0.15) is 0 Å². The van der Waals surface area contributed by atoms with Crippen molar-refractivity contribution in [3.63, 3.8) is 0 Å². The van der Waals surface area contributed by atoms with Crippen LogP contribution in [0.15, 0.2) is 42.5 Å². The maximum atomic E-state index is 13.1. The third kappa shape index (κ3) is 5.14. The van der Waals surface area contributed by atoms with Gasteiger partial charge >= 0.3 is 5.97 Å². The van der Waals surface area contributed by atoms with Crippen molar-refractivity contribution in [3.8, 4) is 0 Å². The van der Waals surface area contributed by atoms with Crippen LogP contribution in [0.25, 0.3) is 0 Å². The zero-order valence-corrected chi connectivity index (χ0v) is 16.6. The van der Waals surface area contributed by atoms with Gasteiger partial charge in [0.05, 0.1) is 15.7 Å². The number of aryl methyl sites for hydroxylation is 3. The summed E-state index contributed by atoms with van der Waals surface area (Å²) < 4.78 is 13.4. The molecule has 134 valence electrons. The van der Waals surface area contributed by atoms with Crippen molar-refractivity contribution >= 4 is 20.9 Å². The third-order valence-electron chi connectivity index (χ3n) is 3.84. The van der Waals surface area contributed by atoms with Crippen LogP contribution in [0, 0.1) is 20.8 Å². The highest BCUT2D eigenvalue weighted by Gasteiger charge is 2.32. The molecule has 2 rings (SSSR count). The SMILES string of the molecule is CCOC(=O)C(C(=O)c1c(C)cc(C)cc1C)c1ccccc1.O=[PH3]. The lowest BCUT2D eigenvalue weighted by atomic mass is 9.86. The topological polar surface area (TPSA) is 60.4 Å². The number of carbonyl (C=O) groups excluding carboxylic acids is 2. The number of carbonyl (C=O) groups is 2. The summed E-state index contributed by atoms with van der Waals surface area (Å²) in [5.41, 5.74) is 4.15. The molecule has 0 radical (unpaired) electrons. The molecule has 0 N–H and O–H groups in total. The molecular formula is C20H25O4P. The van der Waals surface area contributed by atoms with Crippen molar-refractivity contribution < 1.29 is 18.9 Å². The van der Waals surface area contributed by atoms with E-state index in [1.807, 2.05) is 51.1 Å². The number of rotatable bonds is 5. The fourth-order valence-electron chi connectivity index (χ4n) is 2.98. The van der Waals surface area contributed by atoms with Crippen LogP contribution in [-0.2, 0) is 14.1 Å². The summed E-state index contributed by atoms with van der Waals surface area (Å²) in [4.78, 5) is 25.5. The first-order valence-corrected chi connectivity index (χ1v) is 8.66. The van der Waals surface area contributed by atoms with Crippen LogP contribution >= 0.6 is 9.12 Å². The molecule has 0 spiro atoms. The second-order valence-electron chi connectivity index (χ2n) is 5.73. The second kappa shape index (κ2) is 9.95. The van der Waals surface area contributed by atoms with Gasteiger partial charge < -0.3 is 9.30 Å². The van der Waals surface area contributed by atoms with E-state index in [2.05, 4.69) is 0 Å². The number of esters is 1. The summed E-state index contributed by atoms with van der Waals surface area (Å²) >= 11 is 0. The highest BCUT2D eigenvalue weighted by Crippen LogP contribution is 2.27. The Labute approximate surface area is 150 Å². The van der Waals surface area contributed by atoms with Crippen molar-refractivity contribution in [2.75, 3.05) is 6.61 Å². The molecule has 5 heteroatoms. The predicted molar refractivity (Wildman–Crippen MR) is 103 cm³/mol. The van der Waals surface area contributed by atoms with E-state index in [-0.39, 0.29) is 12.4 Å². The zero-order chi connectivity index (χ0) is 19.0. The molecule has 0 bridgehead atoms. The second-order valence-corrected chi connectivity index (χ2v) is 5.73. The van der Waals surface area contributed by atoms with Gasteiger partial charge in [-0.1, -0.05) is 48.0 Å². The molecule has 2 atom stereocenters. The highest BCUT2D eigenvalue weighted by molar-refractivity contribution is 7.00. The van der Waals surface area contributed by atoms with Crippen LogP contribution in [0.2, 0.25) is 0 Å². The number of hydrogen-bond acceptors (Lipinski definition) is 4. The molecule has 0 saturated carbocycles. The quantitative estimate of drug-likeness (QED) is 0.349. The van der Waals surface area contributed by atoms with Gasteiger partial charge in [0.2, 0.25) is 0 Å². The molecule has 0 aromatic heterocycles. The van der Waals surface area contributed by atoms with Crippen LogP contribution in [0.1, 0.15) is 45.5 Å². The molecule has 0 saturated heterocycles. The van der Waals surface area contributed by atoms with Crippen LogP contribution in [-0.4, -0.2) is 18.4 Å². The maximum absolute atomic E-state index is 13.1. The summed E-state index contributed by atoms with van der Waals surface area (Å²) in [7, 11) is 0.611. The summed E-state index contributed by atoms with van der Waals surface area (Å²) in [5.74, 6) is -1.62. The minimum absolute atomic E-state index is 0.204. The van der Waals surface area contributed by atoms with Gasteiger partial charge in [0.1, 0.15) is 5.92 Å². The van der Waals surface area contributed by atoms with Gasteiger partial charge in [-0.05, 0) is 44.4 Å². The normalized spacial score (nSPS) is 11.2. The summed E-state index contributed by atoms with van der Waals surface area (Å²) in [6, 6.07) is 13.0. The zero-order valence-electron chi connectivity index (χ0n) is 15.2. The van der Waals surface area contributed by atoms with Gasteiger partial charge in [-0.25, -0.2) is 0 Å². The van der Waals surface area contributed by atoms with Crippen molar-refractivity contribution in [1.29, 1.82) is 0 Å². The predicted octanol–water partition coefficient (Wildman–Crippen LogP) is 4.08. The molecule has 2 aromatic carbocycles. The lowest BCUT2D eigenvalue weighted by Crippen LogP contribution is -2.25. The van der Waals surface area contributed by atoms with Crippen molar-refractivity contribution in [1.82, 2.24) is 0 Å². The van der Waals surface area contributed by atoms with E-state index in [0.29, 0.717) is 20.2 Å². The molecule has 0 aliphatic rings. The molecule has 0 aliphatic carbocycles. The third-order valence-corrected chi connectivity index (χ3v) is 3.84. The minimum atomic E-state index is -0.920. The first kappa shape index (κ1) is 20.9. The van der Waals surface area contributed by atoms with Crippen LogP contribution < -0.4 is 0 Å². The maximum Gasteiger partial charge on any atom is 0.321 e. The van der Waals surface area contributed by atoms with Gasteiger partial charge in [-0.15, -0.1) is 0 Å². The molecule has 25 heavy (non-hydrogen) atoms. The van der Waals surface area contributed by atoms with Crippen LogP contribution in [0.4, 0.5) is 0 Å². The number of ether oxygens (including phenoxy) is 1. The van der Waals surface area contributed by atoms with E-state index in [1.165, 1.54) is 0 Å². The largest absolute Gasteiger partial charge is 0.465 e. The smallest absolute Gasteiger partial charge is 0.321 e. The van der Waals surface area contributed by atoms with Gasteiger partial charge in [0.15, 0.2) is 5.78 Å². The summed E-state index contributed by atoms with van der Waals surface area (Å²) in [6.45, 7) is 7.79. The van der Waals surface area contributed by atoms with E-state index >= 15 is 0 Å². The lowest BCUT2D eigenvalue weighted by Gasteiger charge is -2.18. The molecule has 0 heterocycles. The van der Waals surface area contributed by atoms with Crippen molar-refractivity contribution in [2.24, 2.45) is 0 Å². The Morgan fingerprint density at radius 3 is 2.00 bits per heavy atom. The Morgan fingerprint density at radius 1 is 1.00 bits per heavy atom. The number of hydrogen-bond donors (Lipinski definition) is 0. The minimum Gasteiger partial charge on any atom is -0.465 e. The van der Waals surface area contributed by atoms with Gasteiger partial charge in [0.25, 0.3) is 0 Å². The standard InChI is InChI=1S/C20H22O3.H3OP/c1-5-23-20(22)18(16-9-7-6-8-10-16)19(21)17-14(3)11-13(2)12-15(17)4;1-2/h6-12,18H,5H2,1-4H3;2H3. The van der Waals surface area contributed by atoms with E-state index in [1.54, 1.807) is 19.1 Å². The Kier molecular flexibility index (Phi) is 8.30. The van der Waals surface area contributed by atoms with Gasteiger partial charge in [0, 0.05) is 5.56 Å². The Morgan fingerprint density at radius 2 is 1.52 bits per heavy atom. The molecule has 2 aromatic rings. The van der Waals surface area contributed by atoms with Gasteiger partial charge in [-0.3, -0.25) is 9.59 Å². The fourth-order valence-corrected chi connectivity index (χ4v) is 2.98. The van der Waals surface area contributed by atoms with E-state index in [0.717, 1.165) is 16.7 Å². The average Bonchev–Trinajstić information content (AvgIpc) is 2.57. The van der Waals surface area contributed by atoms with Crippen molar-refractivity contribution in [2.45, 2.75) is 33.6 Å². The Bertz CT molecular complexity index is 718. The lowest BCUT2D eigenvalue weighted by molar-refractivity contribution is -0.143. The monoisotopic (exact) mass is 360 g/mol. The van der Waals surface area contributed by atoms with E-state index in [9.17, 15) is 9.59 Å². The average molecular weight is 360 g/mol. The van der Waals surface area contributed by atoms with E-state index in [4.69, 9.17) is 9.30 Å². The molecular weight excluding hydrogens is 335 g/mol. The number of Topliss-reactive ketones (excluding diaryl/α,β-unsaturated/α-hetero) is 1. The number of benzene rings is 2. The summed E-state index contributed by atoms with van der Waals surface area (Å²) in [6.07, 6.45) is 0. The fraction of sp³-hybridized carbons (Fsp3) is 0.300. The molecule has 0 amide bonds. The Balaban J connectivity index is 0.00000151. The van der Waals surface area contributed by atoms with Crippen LogP contribution in [0.3, 0.4) is 0 Å².